The van der Waals surface area contributed by atoms with E-state index in [0.29, 0.717) is 0 Å². The summed E-state index contributed by atoms with van der Waals surface area (Å²) >= 11 is 0. The van der Waals surface area contributed by atoms with E-state index in [1.165, 1.54) is 13.2 Å². The molecule has 0 spiro atoms. The van der Waals surface area contributed by atoms with Gasteiger partial charge in [-0.2, -0.15) is 4.31 Å². The normalized spacial score (nSPS) is 11.9. The molecular weight excluding hydrogens is 266 g/mol. The minimum atomic E-state index is -3.62. The average Bonchev–Trinajstić information content (AvgIpc) is 2.43. The third-order valence-corrected chi connectivity index (χ3v) is 4.06. The second-order valence-electron chi connectivity index (χ2n) is 3.76. The Kier molecular flexibility index (Phi) is 5.72. The highest BCUT2D eigenvalue weighted by molar-refractivity contribution is 7.92. The lowest BCUT2D eigenvalue weighted by atomic mass is 10.2. The minimum Gasteiger partial charge on any atom is -0.468 e. The molecule has 0 radical (unpaired) electrons. The summed E-state index contributed by atoms with van der Waals surface area (Å²) < 4.78 is 29.6. The fraction of sp³-hybridized carbons (Fsp3) is 0.308. The van der Waals surface area contributed by atoms with E-state index in [-0.39, 0.29) is 13.1 Å². The number of esters is 1. The maximum absolute atomic E-state index is 12.0. The number of rotatable bonds is 6. The highest BCUT2D eigenvalue weighted by Gasteiger charge is 2.20. The Bertz CT molecular complexity index is 537. The van der Waals surface area contributed by atoms with Crippen LogP contribution in [-0.2, 0) is 19.6 Å². The zero-order valence-corrected chi connectivity index (χ0v) is 11.8. The van der Waals surface area contributed by atoms with E-state index < -0.39 is 16.0 Å². The number of benzene rings is 1. The standard InChI is InChI=1S/C13H17NO4S/c1-3-14(11-13(15)18-2)19(16,17)10-9-12-7-5-4-6-8-12/h4-10H,3,11H2,1-2H3. The van der Waals surface area contributed by atoms with Crippen molar-refractivity contribution in [3.8, 4) is 0 Å². The Morgan fingerprint density at radius 2 is 1.95 bits per heavy atom. The van der Waals surface area contributed by atoms with E-state index in [2.05, 4.69) is 4.74 Å². The summed E-state index contributed by atoms with van der Waals surface area (Å²) in [5.41, 5.74) is 0.778. The van der Waals surface area contributed by atoms with Crippen molar-refractivity contribution in [2.75, 3.05) is 20.2 Å². The van der Waals surface area contributed by atoms with E-state index in [0.717, 1.165) is 15.3 Å². The molecule has 0 heterocycles. The van der Waals surface area contributed by atoms with Gasteiger partial charge in [-0.3, -0.25) is 4.79 Å². The maximum atomic E-state index is 12.0. The molecule has 0 aliphatic carbocycles. The van der Waals surface area contributed by atoms with Gasteiger partial charge in [0, 0.05) is 12.0 Å². The largest absolute Gasteiger partial charge is 0.468 e. The predicted molar refractivity (Wildman–Crippen MR) is 73.7 cm³/mol. The van der Waals surface area contributed by atoms with Crippen LogP contribution in [0.5, 0.6) is 0 Å². The molecule has 6 heteroatoms. The zero-order chi connectivity index (χ0) is 14.3. The topological polar surface area (TPSA) is 63.7 Å². The van der Waals surface area contributed by atoms with Crippen LogP contribution in [0.3, 0.4) is 0 Å². The van der Waals surface area contributed by atoms with Crippen LogP contribution in [-0.4, -0.2) is 38.9 Å². The Morgan fingerprint density at radius 1 is 1.32 bits per heavy atom. The quantitative estimate of drug-likeness (QED) is 0.742. The van der Waals surface area contributed by atoms with Crippen LogP contribution in [0.15, 0.2) is 35.7 Å². The summed E-state index contributed by atoms with van der Waals surface area (Å²) in [7, 11) is -2.40. The van der Waals surface area contributed by atoms with Gasteiger partial charge < -0.3 is 4.74 Å². The molecule has 19 heavy (non-hydrogen) atoms. The Labute approximate surface area is 113 Å². The molecule has 104 valence electrons. The van der Waals surface area contributed by atoms with E-state index in [1.807, 2.05) is 18.2 Å². The number of hydrogen-bond donors (Lipinski definition) is 0. The SMILES string of the molecule is CCN(CC(=O)OC)S(=O)(=O)C=Cc1ccccc1. The first kappa shape index (κ1) is 15.4. The van der Waals surface area contributed by atoms with E-state index >= 15 is 0 Å². The molecule has 0 aliphatic heterocycles. The van der Waals surface area contributed by atoms with Gasteiger partial charge in [-0.05, 0) is 11.6 Å². The lowest BCUT2D eigenvalue weighted by Crippen LogP contribution is -2.34. The molecule has 0 unspecified atom stereocenters. The maximum Gasteiger partial charge on any atom is 0.321 e. The first-order valence-corrected chi connectivity index (χ1v) is 7.30. The van der Waals surface area contributed by atoms with E-state index in [1.54, 1.807) is 19.1 Å². The summed E-state index contributed by atoms with van der Waals surface area (Å²) in [5, 5.41) is 1.09. The lowest BCUT2D eigenvalue weighted by Gasteiger charge is -2.16. The van der Waals surface area contributed by atoms with Gasteiger partial charge in [-0.1, -0.05) is 37.3 Å². The van der Waals surface area contributed by atoms with Gasteiger partial charge in [0.2, 0.25) is 10.0 Å². The first-order valence-electron chi connectivity index (χ1n) is 5.79. The van der Waals surface area contributed by atoms with Crippen LogP contribution < -0.4 is 0 Å². The molecule has 1 aromatic rings. The summed E-state index contributed by atoms with van der Waals surface area (Å²) in [6, 6.07) is 9.07. The number of carbonyl (C=O) groups excluding carboxylic acids is 1. The zero-order valence-electron chi connectivity index (χ0n) is 10.9. The number of nitrogens with zero attached hydrogens (tertiary/aromatic N) is 1. The van der Waals surface area contributed by atoms with Crippen molar-refractivity contribution in [1.82, 2.24) is 4.31 Å². The molecular formula is C13H17NO4S. The minimum absolute atomic E-state index is 0.205. The first-order chi connectivity index (χ1) is 8.99. The third-order valence-electron chi connectivity index (χ3n) is 2.48. The van der Waals surface area contributed by atoms with Crippen molar-refractivity contribution in [1.29, 1.82) is 0 Å². The van der Waals surface area contributed by atoms with Crippen LogP contribution in [0.25, 0.3) is 6.08 Å². The van der Waals surface area contributed by atoms with Crippen molar-refractivity contribution in [3.05, 3.63) is 41.3 Å². The number of likely N-dealkylation sites (N-methyl/N-ethyl adjacent to an activating group) is 1. The van der Waals surface area contributed by atoms with Crippen molar-refractivity contribution >= 4 is 22.1 Å². The van der Waals surface area contributed by atoms with Gasteiger partial charge >= 0.3 is 5.97 Å². The predicted octanol–water partition coefficient (Wildman–Crippen LogP) is 1.48. The van der Waals surface area contributed by atoms with Crippen molar-refractivity contribution in [2.45, 2.75) is 6.92 Å². The lowest BCUT2D eigenvalue weighted by molar-refractivity contribution is -0.140. The van der Waals surface area contributed by atoms with Gasteiger partial charge in [0.1, 0.15) is 6.54 Å². The fourth-order valence-electron chi connectivity index (χ4n) is 1.41. The van der Waals surface area contributed by atoms with Gasteiger partial charge in [0.05, 0.1) is 7.11 Å². The van der Waals surface area contributed by atoms with Crippen LogP contribution >= 0.6 is 0 Å². The number of carbonyl (C=O) groups is 1. The Morgan fingerprint density at radius 3 is 2.47 bits per heavy atom. The van der Waals surface area contributed by atoms with Gasteiger partial charge in [-0.15, -0.1) is 0 Å². The monoisotopic (exact) mass is 283 g/mol. The molecule has 0 atom stereocenters. The highest BCUT2D eigenvalue weighted by Crippen LogP contribution is 2.08. The van der Waals surface area contributed by atoms with Crippen LogP contribution in [0.4, 0.5) is 0 Å². The molecule has 0 aromatic heterocycles. The van der Waals surface area contributed by atoms with Gasteiger partial charge in [-0.25, -0.2) is 8.42 Å². The van der Waals surface area contributed by atoms with Crippen molar-refractivity contribution in [3.63, 3.8) is 0 Å². The molecule has 1 rings (SSSR count). The van der Waals surface area contributed by atoms with Crippen LogP contribution in [0.1, 0.15) is 12.5 Å². The summed E-state index contributed by atoms with van der Waals surface area (Å²) in [6.07, 6.45) is 1.50. The molecule has 0 amide bonds. The molecule has 0 saturated heterocycles. The van der Waals surface area contributed by atoms with Gasteiger partial charge in [0.25, 0.3) is 0 Å². The van der Waals surface area contributed by atoms with E-state index in [9.17, 15) is 13.2 Å². The van der Waals surface area contributed by atoms with E-state index in [4.69, 9.17) is 0 Å². The number of ether oxygens (including phenoxy) is 1. The fourth-order valence-corrected chi connectivity index (χ4v) is 2.55. The summed E-state index contributed by atoms with van der Waals surface area (Å²) in [5.74, 6) is -0.585. The Balaban J connectivity index is 2.84. The third kappa shape index (κ3) is 4.84. The number of sulfonamides is 1. The summed E-state index contributed by atoms with van der Waals surface area (Å²) in [6.45, 7) is 1.59. The molecule has 0 aliphatic rings. The van der Waals surface area contributed by atoms with Crippen molar-refractivity contribution in [2.24, 2.45) is 0 Å². The molecule has 0 saturated carbocycles. The molecule has 0 fully saturated rings. The molecule has 1 aromatic carbocycles. The average molecular weight is 283 g/mol. The Hall–Kier alpha value is -1.66. The molecule has 0 N–H and O–H groups in total. The van der Waals surface area contributed by atoms with Crippen molar-refractivity contribution < 1.29 is 17.9 Å². The summed E-state index contributed by atoms with van der Waals surface area (Å²) in [4.78, 5) is 11.1. The van der Waals surface area contributed by atoms with Crippen LogP contribution in [0.2, 0.25) is 0 Å². The van der Waals surface area contributed by atoms with Gasteiger partial charge in [0.15, 0.2) is 0 Å². The number of methoxy groups -OCH3 is 1. The van der Waals surface area contributed by atoms with Crippen LogP contribution in [0, 0.1) is 0 Å². The number of hydrogen-bond acceptors (Lipinski definition) is 4. The highest BCUT2D eigenvalue weighted by atomic mass is 32.2. The molecule has 0 bridgehead atoms. The second-order valence-corrected chi connectivity index (χ2v) is 5.58. The molecule has 5 nitrogen and oxygen atoms in total. The second kappa shape index (κ2) is 7.06. The smallest absolute Gasteiger partial charge is 0.321 e.